The maximum absolute atomic E-state index is 7.54. The number of amidine groups is 1. The van der Waals surface area contributed by atoms with E-state index in [0.717, 1.165) is 19.6 Å². The Hall–Kier alpha value is -1.20. The van der Waals surface area contributed by atoms with Crippen molar-refractivity contribution in [3.8, 4) is 5.75 Å². The molecule has 0 spiro atoms. The average molecular weight is 293 g/mol. The summed E-state index contributed by atoms with van der Waals surface area (Å²) in [6, 6.07) is 5.90. The molecule has 0 aromatic heterocycles. The zero-order chi connectivity index (χ0) is 14.8. The van der Waals surface area contributed by atoms with E-state index in [1.807, 2.05) is 30.0 Å². The molecular formula is C15H23N3OS. The third-order valence-electron chi connectivity index (χ3n) is 3.47. The highest BCUT2D eigenvalue weighted by molar-refractivity contribution is 8.00. The van der Waals surface area contributed by atoms with Crippen LogP contribution in [0.4, 0.5) is 0 Å². The molecule has 1 aromatic carbocycles. The van der Waals surface area contributed by atoms with Crippen LogP contribution in [-0.2, 0) is 6.54 Å². The molecular weight excluding hydrogens is 270 g/mol. The summed E-state index contributed by atoms with van der Waals surface area (Å²) in [5.41, 5.74) is 7.41. The van der Waals surface area contributed by atoms with Crippen LogP contribution in [0.3, 0.4) is 0 Å². The van der Waals surface area contributed by atoms with Crippen molar-refractivity contribution >= 4 is 17.6 Å². The quantitative estimate of drug-likeness (QED) is 0.660. The Morgan fingerprint density at radius 2 is 2.25 bits per heavy atom. The molecule has 0 atom stereocenters. The molecule has 1 fully saturated rings. The summed E-state index contributed by atoms with van der Waals surface area (Å²) in [6.45, 7) is 7.71. The van der Waals surface area contributed by atoms with Crippen LogP contribution >= 0.6 is 11.8 Å². The Morgan fingerprint density at radius 1 is 1.50 bits per heavy atom. The Labute approximate surface area is 125 Å². The molecule has 0 amide bonds. The van der Waals surface area contributed by atoms with Gasteiger partial charge in [0.1, 0.15) is 11.6 Å². The standard InChI is InChI=1S/C15H23N3OS/c1-15(2)10-18(6-7-20-15)9-11-4-5-12(14(16)17)13(8-11)19-3/h4-5,8H,6-7,9-10H2,1-3H3,(H3,16,17). The number of nitrogens with one attached hydrogen (secondary N) is 1. The largest absolute Gasteiger partial charge is 0.496 e. The van der Waals surface area contributed by atoms with Gasteiger partial charge < -0.3 is 10.5 Å². The first kappa shape index (κ1) is 15.2. The molecule has 1 aromatic rings. The number of thioether (sulfide) groups is 1. The van der Waals surface area contributed by atoms with Crippen LogP contribution in [-0.4, -0.2) is 41.4 Å². The van der Waals surface area contributed by atoms with E-state index in [0.29, 0.717) is 16.1 Å². The fraction of sp³-hybridized carbons (Fsp3) is 0.533. The smallest absolute Gasteiger partial charge is 0.130 e. The first-order chi connectivity index (χ1) is 9.41. The minimum atomic E-state index is 0.0453. The van der Waals surface area contributed by atoms with Crippen molar-refractivity contribution in [2.45, 2.75) is 25.1 Å². The number of nitrogens with zero attached hydrogens (tertiary/aromatic N) is 1. The number of benzene rings is 1. The second-order valence-corrected chi connectivity index (χ2v) is 7.57. The molecule has 0 unspecified atom stereocenters. The molecule has 20 heavy (non-hydrogen) atoms. The van der Waals surface area contributed by atoms with E-state index < -0.39 is 0 Å². The third kappa shape index (κ3) is 3.67. The molecule has 1 aliphatic rings. The summed E-state index contributed by atoms with van der Waals surface area (Å²) >= 11 is 2.04. The van der Waals surface area contributed by atoms with E-state index >= 15 is 0 Å². The monoisotopic (exact) mass is 293 g/mol. The van der Waals surface area contributed by atoms with E-state index in [-0.39, 0.29) is 5.84 Å². The maximum atomic E-state index is 7.54. The topological polar surface area (TPSA) is 62.3 Å². The van der Waals surface area contributed by atoms with Gasteiger partial charge in [0, 0.05) is 30.1 Å². The molecule has 0 radical (unpaired) electrons. The van der Waals surface area contributed by atoms with Crippen molar-refractivity contribution in [3.05, 3.63) is 29.3 Å². The van der Waals surface area contributed by atoms with Gasteiger partial charge in [0.25, 0.3) is 0 Å². The van der Waals surface area contributed by atoms with Crippen molar-refractivity contribution in [1.82, 2.24) is 4.90 Å². The number of nitrogen functional groups attached to an aromatic ring is 1. The number of ether oxygens (including phenoxy) is 1. The predicted octanol–water partition coefficient (Wildman–Crippen LogP) is 2.31. The maximum Gasteiger partial charge on any atom is 0.130 e. The fourth-order valence-corrected chi connectivity index (χ4v) is 3.74. The summed E-state index contributed by atoms with van der Waals surface area (Å²) in [5, 5.41) is 7.54. The van der Waals surface area contributed by atoms with Crippen LogP contribution in [0.5, 0.6) is 5.75 Å². The van der Waals surface area contributed by atoms with Gasteiger partial charge in [-0.25, -0.2) is 0 Å². The number of hydrogen-bond donors (Lipinski definition) is 2. The van der Waals surface area contributed by atoms with E-state index in [1.165, 1.54) is 11.3 Å². The number of rotatable bonds is 4. The van der Waals surface area contributed by atoms with Crippen LogP contribution in [0.2, 0.25) is 0 Å². The first-order valence-electron chi connectivity index (χ1n) is 6.79. The molecule has 1 aliphatic heterocycles. The lowest BCUT2D eigenvalue weighted by atomic mass is 10.1. The minimum absolute atomic E-state index is 0.0453. The number of hydrogen-bond acceptors (Lipinski definition) is 4. The van der Waals surface area contributed by atoms with Crippen molar-refractivity contribution in [3.63, 3.8) is 0 Å². The molecule has 1 heterocycles. The summed E-state index contributed by atoms with van der Waals surface area (Å²) in [4.78, 5) is 2.47. The zero-order valence-corrected chi connectivity index (χ0v) is 13.2. The lowest BCUT2D eigenvalue weighted by Crippen LogP contribution is -2.42. The minimum Gasteiger partial charge on any atom is -0.496 e. The molecule has 4 nitrogen and oxygen atoms in total. The van der Waals surface area contributed by atoms with Gasteiger partial charge in [0.15, 0.2) is 0 Å². The Bertz CT molecular complexity index is 502. The first-order valence-corrected chi connectivity index (χ1v) is 7.77. The SMILES string of the molecule is COc1cc(CN2CCSC(C)(C)C2)ccc1C(=N)N. The summed E-state index contributed by atoms with van der Waals surface area (Å²) in [5.74, 6) is 1.90. The second-order valence-electron chi connectivity index (χ2n) is 5.77. The molecule has 0 saturated carbocycles. The molecule has 5 heteroatoms. The van der Waals surface area contributed by atoms with Crippen molar-refractivity contribution in [2.24, 2.45) is 5.73 Å². The molecule has 0 bridgehead atoms. The lowest BCUT2D eigenvalue weighted by molar-refractivity contribution is 0.252. The van der Waals surface area contributed by atoms with Gasteiger partial charge in [-0.05, 0) is 31.5 Å². The summed E-state index contributed by atoms with van der Waals surface area (Å²) in [6.07, 6.45) is 0. The van der Waals surface area contributed by atoms with E-state index in [9.17, 15) is 0 Å². The van der Waals surface area contributed by atoms with Crippen molar-refractivity contribution in [2.75, 3.05) is 26.0 Å². The number of methoxy groups -OCH3 is 1. The molecule has 2 rings (SSSR count). The highest BCUT2D eigenvalue weighted by Gasteiger charge is 2.26. The highest BCUT2D eigenvalue weighted by atomic mass is 32.2. The van der Waals surface area contributed by atoms with Gasteiger partial charge >= 0.3 is 0 Å². The van der Waals surface area contributed by atoms with Crippen LogP contribution in [0.15, 0.2) is 18.2 Å². The van der Waals surface area contributed by atoms with E-state index in [4.69, 9.17) is 15.9 Å². The molecule has 0 aliphatic carbocycles. The Morgan fingerprint density at radius 3 is 2.85 bits per heavy atom. The van der Waals surface area contributed by atoms with Crippen LogP contribution in [0.25, 0.3) is 0 Å². The van der Waals surface area contributed by atoms with Gasteiger partial charge in [-0.2, -0.15) is 11.8 Å². The van der Waals surface area contributed by atoms with Crippen molar-refractivity contribution < 1.29 is 4.74 Å². The van der Waals surface area contributed by atoms with E-state index in [2.05, 4.69) is 18.7 Å². The van der Waals surface area contributed by atoms with Crippen LogP contribution < -0.4 is 10.5 Å². The van der Waals surface area contributed by atoms with E-state index in [1.54, 1.807) is 7.11 Å². The van der Waals surface area contributed by atoms with Gasteiger partial charge in [-0.1, -0.05) is 6.07 Å². The molecule has 1 saturated heterocycles. The Kier molecular flexibility index (Phi) is 4.60. The summed E-state index contributed by atoms with van der Waals surface area (Å²) < 4.78 is 5.66. The Balaban J connectivity index is 2.12. The third-order valence-corrected chi connectivity index (χ3v) is 4.76. The van der Waals surface area contributed by atoms with Gasteiger partial charge in [-0.3, -0.25) is 10.3 Å². The normalized spacial score (nSPS) is 18.8. The highest BCUT2D eigenvalue weighted by Crippen LogP contribution is 2.30. The predicted molar refractivity (Wildman–Crippen MR) is 85.8 cm³/mol. The van der Waals surface area contributed by atoms with Crippen LogP contribution in [0, 0.1) is 5.41 Å². The average Bonchev–Trinajstić information content (AvgIpc) is 2.37. The van der Waals surface area contributed by atoms with Gasteiger partial charge in [-0.15, -0.1) is 0 Å². The molecule has 110 valence electrons. The van der Waals surface area contributed by atoms with Gasteiger partial charge in [0.05, 0.1) is 12.7 Å². The van der Waals surface area contributed by atoms with Gasteiger partial charge in [0.2, 0.25) is 0 Å². The lowest BCUT2D eigenvalue weighted by Gasteiger charge is -2.37. The van der Waals surface area contributed by atoms with Crippen molar-refractivity contribution in [1.29, 1.82) is 5.41 Å². The zero-order valence-electron chi connectivity index (χ0n) is 12.4. The number of nitrogens with two attached hydrogens (primary N) is 1. The molecule has 3 N–H and O–H groups in total. The second kappa shape index (κ2) is 6.06. The fourth-order valence-electron chi connectivity index (χ4n) is 2.56. The summed E-state index contributed by atoms with van der Waals surface area (Å²) in [7, 11) is 1.62. The van der Waals surface area contributed by atoms with Crippen LogP contribution in [0.1, 0.15) is 25.0 Å².